The summed E-state index contributed by atoms with van der Waals surface area (Å²) < 4.78 is 5.88. The minimum atomic E-state index is 0.686. The molecule has 3 heteroatoms. The van der Waals surface area contributed by atoms with Gasteiger partial charge >= 0.3 is 0 Å². The van der Waals surface area contributed by atoms with Crippen LogP contribution in [0.5, 0.6) is 5.75 Å². The summed E-state index contributed by atoms with van der Waals surface area (Å²) in [7, 11) is 0. The smallest absolute Gasteiger partial charge is 0.119 e. The molecule has 116 valence electrons. The lowest BCUT2D eigenvalue weighted by Gasteiger charge is -2.31. The van der Waals surface area contributed by atoms with E-state index in [0.29, 0.717) is 5.92 Å². The van der Waals surface area contributed by atoms with Crippen LogP contribution in [0.1, 0.15) is 18.5 Å². The summed E-state index contributed by atoms with van der Waals surface area (Å²) >= 11 is 0. The molecule has 0 atom stereocenters. The van der Waals surface area contributed by atoms with Crippen molar-refractivity contribution in [3.8, 4) is 5.75 Å². The monoisotopic (exact) mass is 296 g/mol. The highest BCUT2D eigenvalue weighted by Crippen LogP contribution is 2.19. The van der Waals surface area contributed by atoms with Crippen molar-refractivity contribution in [1.29, 1.82) is 0 Å². The van der Waals surface area contributed by atoms with Crippen molar-refractivity contribution in [2.45, 2.75) is 19.3 Å². The van der Waals surface area contributed by atoms with E-state index in [0.717, 1.165) is 25.3 Å². The van der Waals surface area contributed by atoms with Crippen LogP contribution in [0.3, 0.4) is 0 Å². The first-order valence-corrected chi connectivity index (χ1v) is 8.20. The third-order valence-electron chi connectivity index (χ3n) is 4.35. The third kappa shape index (κ3) is 4.57. The van der Waals surface area contributed by atoms with Gasteiger partial charge < -0.3 is 9.64 Å². The number of hydrogen-bond acceptors (Lipinski definition) is 3. The molecule has 1 aromatic carbocycles. The molecular weight excluding hydrogens is 272 g/mol. The zero-order valence-corrected chi connectivity index (χ0v) is 13.0. The van der Waals surface area contributed by atoms with Crippen molar-refractivity contribution < 1.29 is 4.74 Å². The Balaban J connectivity index is 1.35. The van der Waals surface area contributed by atoms with Crippen LogP contribution in [0.15, 0.2) is 54.7 Å². The number of piperidine rings is 1. The lowest BCUT2D eigenvalue weighted by Crippen LogP contribution is -2.36. The fraction of sp³-hybridized carbons (Fsp3) is 0.421. The van der Waals surface area contributed by atoms with E-state index in [4.69, 9.17) is 4.74 Å². The van der Waals surface area contributed by atoms with Gasteiger partial charge in [0.2, 0.25) is 0 Å². The third-order valence-corrected chi connectivity index (χ3v) is 4.35. The molecule has 1 aliphatic rings. The van der Waals surface area contributed by atoms with Crippen LogP contribution in [0.4, 0.5) is 0 Å². The van der Waals surface area contributed by atoms with E-state index >= 15 is 0 Å². The Kier molecular flexibility index (Phi) is 5.43. The molecule has 0 N–H and O–H groups in total. The Morgan fingerprint density at radius 3 is 2.50 bits per heavy atom. The van der Waals surface area contributed by atoms with E-state index < -0.39 is 0 Å². The Hall–Kier alpha value is -1.87. The maximum atomic E-state index is 5.88. The van der Waals surface area contributed by atoms with Crippen LogP contribution < -0.4 is 4.74 Å². The number of rotatable bonds is 6. The molecule has 0 aliphatic carbocycles. The summed E-state index contributed by atoms with van der Waals surface area (Å²) in [6.45, 7) is 4.31. The molecule has 2 heterocycles. The highest BCUT2D eigenvalue weighted by Gasteiger charge is 2.19. The number of likely N-dealkylation sites (tertiary alicyclic amines) is 1. The van der Waals surface area contributed by atoms with Gasteiger partial charge in [0.1, 0.15) is 5.75 Å². The molecule has 22 heavy (non-hydrogen) atoms. The molecule has 0 bridgehead atoms. The van der Waals surface area contributed by atoms with Crippen LogP contribution in [0, 0.1) is 5.92 Å². The Morgan fingerprint density at radius 2 is 1.77 bits per heavy atom. The molecule has 0 saturated carbocycles. The standard InChI is InChI=1S/C19H24N2O/c1-2-7-19(8-3-1)22-16-17-9-13-21(14-10-17)15-11-18-6-4-5-12-20-18/h1-8,12,17H,9-11,13-16H2. The van der Waals surface area contributed by atoms with Crippen LogP contribution in [0.25, 0.3) is 0 Å². The number of pyridine rings is 1. The number of hydrogen-bond donors (Lipinski definition) is 0. The Labute approximate surface area is 132 Å². The predicted molar refractivity (Wildman–Crippen MR) is 89.0 cm³/mol. The number of nitrogens with zero attached hydrogens (tertiary/aromatic N) is 2. The molecular formula is C19H24N2O. The van der Waals surface area contributed by atoms with Crippen LogP contribution >= 0.6 is 0 Å². The van der Waals surface area contributed by atoms with Gasteiger partial charge in [0, 0.05) is 24.9 Å². The van der Waals surface area contributed by atoms with Crippen LogP contribution in [-0.2, 0) is 6.42 Å². The average Bonchev–Trinajstić information content (AvgIpc) is 2.61. The molecule has 0 unspecified atom stereocenters. The van der Waals surface area contributed by atoms with E-state index in [1.54, 1.807) is 0 Å². The van der Waals surface area contributed by atoms with Gasteiger partial charge in [0.15, 0.2) is 0 Å². The summed E-state index contributed by atoms with van der Waals surface area (Å²) in [5.74, 6) is 1.67. The van der Waals surface area contributed by atoms with E-state index in [-0.39, 0.29) is 0 Å². The lowest BCUT2D eigenvalue weighted by atomic mass is 9.97. The van der Waals surface area contributed by atoms with Gasteiger partial charge in [-0.25, -0.2) is 0 Å². The van der Waals surface area contributed by atoms with Gasteiger partial charge in [-0.3, -0.25) is 4.98 Å². The summed E-state index contributed by atoms with van der Waals surface area (Å²) in [4.78, 5) is 6.94. The fourth-order valence-electron chi connectivity index (χ4n) is 2.93. The molecule has 1 aromatic heterocycles. The fourth-order valence-corrected chi connectivity index (χ4v) is 2.93. The lowest BCUT2D eigenvalue weighted by molar-refractivity contribution is 0.142. The van der Waals surface area contributed by atoms with E-state index in [2.05, 4.69) is 22.0 Å². The number of para-hydroxylation sites is 1. The van der Waals surface area contributed by atoms with Gasteiger partial charge in [0.05, 0.1) is 6.61 Å². The molecule has 3 rings (SSSR count). The quantitative estimate of drug-likeness (QED) is 0.817. The van der Waals surface area contributed by atoms with Gasteiger partial charge in [-0.15, -0.1) is 0 Å². The van der Waals surface area contributed by atoms with Gasteiger partial charge in [-0.05, 0) is 56.1 Å². The number of aromatic nitrogens is 1. The second-order valence-corrected chi connectivity index (χ2v) is 5.98. The normalized spacial score (nSPS) is 16.5. The Bertz CT molecular complexity index is 484. The van der Waals surface area contributed by atoms with Crippen molar-refractivity contribution in [2.75, 3.05) is 26.2 Å². The molecule has 0 radical (unpaired) electrons. The molecule has 1 saturated heterocycles. The molecule has 1 fully saturated rings. The van der Waals surface area contributed by atoms with E-state index in [1.807, 2.05) is 42.6 Å². The summed E-state index contributed by atoms with van der Waals surface area (Å²) in [6.07, 6.45) is 5.39. The molecule has 0 spiro atoms. The topological polar surface area (TPSA) is 25.4 Å². The van der Waals surface area contributed by atoms with Crippen molar-refractivity contribution in [2.24, 2.45) is 5.92 Å². The highest BCUT2D eigenvalue weighted by atomic mass is 16.5. The van der Waals surface area contributed by atoms with E-state index in [1.165, 1.54) is 31.6 Å². The first kappa shape index (κ1) is 15.0. The first-order chi connectivity index (χ1) is 10.9. The largest absolute Gasteiger partial charge is 0.493 e. The van der Waals surface area contributed by atoms with Crippen LogP contribution in [0.2, 0.25) is 0 Å². The Morgan fingerprint density at radius 1 is 1.00 bits per heavy atom. The molecule has 0 amide bonds. The summed E-state index contributed by atoms with van der Waals surface area (Å²) in [5.41, 5.74) is 1.19. The second kappa shape index (κ2) is 7.95. The zero-order valence-electron chi connectivity index (χ0n) is 13.0. The maximum absolute atomic E-state index is 5.88. The predicted octanol–water partition coefficient (Wildman–Crippen LogP) is 3.42. The number of benzene rings is 1. The van der Waals surface area contributed by atoms with Crippen molar-refractivity contribution in [3.63, 3.8) is 0 Å². The summed E-state index contributed by atoms with van der Waals surface area (Å²) in [5, 5.41) is 0. The molecule has 1 aliphatic heterocycles. The van der Waals surface area contributed by atoms with Gasteiger partial charge in [0.25, 0.3) is 0 Å². The van der Waals surface area contributed by atoms with Crippen molar-refractivity contribution in [3.05, 3.63) is 60.4 Å². The zero-order chi connectivity index (χ0) is 15.0. The minimum absolute atomic E-state index is 0.686. The van der Waals surface area contributed by atoms with E-state index in [9.17, 15) is 0 Å². The molecule has 3 nitrogen and oxygen atoms in total. The van der Waals surface area contributed by atoms with Gasteiger partial charge in [-0.1, -0.05) is 24.3 Å². The van der Waals surface area contributed by atoms with Gasteiger partial charge in [-0.2, -0.15) is 0 Å². The highest BCUT2D eigenvalue weighted by molar-refractivity contribution is 5.20. The van der Waals surface area contributed by atoms with Crippen LogP contribution in [-0.4, -0.2) is 36.1 Å². The maximum Gasteiger partial charge on any atom is 0.119 e. The molecule has 2 aromatic rings. The number of ether oxygens (including phenoxy) is 1. The average molecular weight is 296 g/mol. The second-order valence-electron chi connectivity index (χ2n) is 5.98. The SMILES string of the molecule is c1ccc(OCC2CCN(CCc3ccccn3)CC2)cc1. The first-order valence-electron chi connectivity index (χ1n) is 8.20. The van der Waals surface area contributed by atoms with Crippen molar-refractivity contribution in [1.82, 2.24) is 9.88 Å². The van der Waals surface area contributed by atoms with Crippen molar-refractivity contribution >= 4 is 0 Å². The summed E-state index contributed by atoms with van der Waals surface area (Å²) in [6, 6.07) is 16.3. The minimum Gasteiger partial charge on any atom is -0.493 e.